The molecule has 0 saturated carbocycles. The van der Waals surface area contributed by atoms with Crippen molar-refractivity contribution in [3.8, 4) is 22.5 Å². The maximum atomic E-state index is 6.72. The van der Waals surface area contributed by atoms with Crippen molar-refractivity contribution in [1.29, 1.82) is 0 Å². The van der Waals surface area contributed by atoms with Crippen molar-refractivity contribution in [3.63, 3.8) is 0 Å². The van der Waals surface area contributed by atoms with Gasteiger partial charge in [0.25, 0.3) is 0 Å². The topological polar surface area (TPSA) is 23.0 Å². The van der Waals surface area contributed by atoms with E-state index in [1.54, 1.807) is 0 Å². The molecule has 0 bridgehead atoms. The van der Waals surface area contributed by atoms with Crippen molar-refractivity contribution in [2.45, 2.75) is 0 Å². The number of aromatic nitrogens is 2. The van der Waals surface area contributed by atoms with Crippen LogP contribution in [-0.2, 0) is 0 Å². The molecule has 0 aliphatic carbocycles. The van der Waals surface area contributed by atoms with Gasteiger partial charge in [0, 0.05) is 43.1 Å². The van der Waals surface area contributed by atoms with Gasteiger partial charge in [-0.25, -0.2) is 0 Å². The molecule has 0 aliphatic heterocycles. The second-order valence-corrected chi connectivity index (χ2v) is 14.1. The summed E-state index contributed by atoms with van der Waals surface area (Å²) in [6.07, 6.45) is 0. The lowest BCUT2D eigenvalue weighted by Crippen LogP contribution is -1.95. The van der Waals surface area contributed by atoms with Crippen LogP contribution in [0.25, 0.3) is 110 Å². The molecular weight excluding hydrogens is 645 g/mol. The minimum absolute atomic E-state index is 0.904. The van der Waals surface area contributed by atoms with Crippen LogP contribution >= 0.6 is 0 Å². The van der Waals surface area contributed by atoms with Gasteiger partial charge in [-0.3, -0.25) is 0 Å². The third-order valence-electron chi connectivity index (χ3n) is 11.3. The predicted molar refractivity (Wildman–Crippen MR) is 223 cm³/mol. The van der Waals surface area contributed by atoms with Gasteiger partial charge in [-0.15, -0.1) is 0 Å². The van der Waals surface area contributed by atoms with E-state index in [0.29, 0.717) is 0 Å². The Labute approximate surface area is 304 Å². The second-order valence-electron chi connectivity index (χ2n) is 14.1. The quantitative estimate of drug-likeness (QED) is 0.183. The molecule has 0 unspecified atom stereocenters. The molecule has 12 aromatic rings. The molecular formula is C50H30N2O. The smallest absolute Gasteiger partial charge is 0.160 e. The average Bonchev–Trinajstić information content (AvgIpc) is 3.88. The summed E-state index contributed by atoms with van der Waals surface area (Å²) in [4.78, 5) is 0. The number of fused-ring (bicyclic) bond motifs is 12. The largest absolute Gasteiger partial charge is 0.454 e. The number of rotatable bonds is 3. The van der Waals surface area contributed by atoms with E-state index >= 15 is 0 Å². The van der Waals surface area contributed by atoms with E-state index in [4.69, 9.17) is 4.42 Å². The van der Waals surface area contributed by atoms with E-state index in [1.165, 1.54) is 70.9 Å². The van der Waals surface area contributed by atoms with Crippen molar-refractivity contribution in [2.75, 3.05) is 0 Å². The Morgan fingerprint density at radius 3 is 1.55 bits per heavy atom. The fourth-order valence-corrected chi connectivity index (χ4v) is 8.93. The van der Waals surface area contributed by atoms with Gasteiger partial charge in [0.1, 0.15) is 5.58 Å². The van der Waals surface area contributed by atoms with E-state index < -0.39 is 0 Å². The molecule has 3 heterocycles. The third-order valence-corrected chi connectivity index (χ3v) is 11.3. The van der Waals surface area contributed by atoms with E-state index in [9.17, 15) is 0 Å². The van der Waals surface area contributed by atoms with Crippen LogP contribution in [0.1, 0.15) is 0 Å². The Hall–Kier alpha value is -7.10. The van der Waals surface area contributed by atoms with Crippen LogP contribution in [0.5, 0.6) is 0 Å². The first kappa shape index (κ1) is 28.6. The Bertz CT molecular complexity index is 3460. The zero-order valence-electron chi connectivity index (χ0n) is 28.6. The maximum absolute atomic E-state index is 6.72. The predicted octanol–water partition coefficient (Wildman–Crippen LogP) is 13.8. The molecule has 0 aliphatic rings. The van der Waals surface area contributed by atoms with Gasteiger partial charge in [0.2, 0.25) is 0 Å². The van der Waals surface area contributed by atoms with Crippen molar-refractivity contribution in [3.05, 3.63) is 182 Å². The number of nitrogens with zero attached hydrogens (tertiary/aromatic N) is 2. The summed E-state index contributed by atoms with van der Waals surface area (Å²) in [5, 5.41) is 12.0. The highest BCUT2D eigenvalue weighted by molar-refractivity contribution is 6.22. The maximum Gasteiger partial charge on any atom is 0.160 e. The number of hydrogen-bond acceptors (Lipinski definition) is 1. The Morgan fingerprint density at radius 1 is 0.321 bits per heavy atom. The fourth-order valence-electron chi connectivity index (χ4n) is 8.93. The van der Waals surface area contributed by atoms with Crippen molar-refractivity contribution < 1.29 is 4.42 Å². The first-order chi connectivity index (χ1) is 26.3. The lowest BCUT2D eigenvalue weighted by molar-refractivity contribution is 0.671. The molecule has 12 rings (SSSR count). The summed E-state index contributed by atoms with van der Waals surface area (Å²) in [5.41, 5.74) is 11.2. The zero-order valence-corrected chi connectivity index (χ0v) is 28.6. The zero-order chi connectivity index (χ0) is 34.6. The summed E-state index contributed by atoms with van der Waals surface area (Å²) in [6.45, 7) is 0. The molecule has 53 heavy (non-hydrogen) atoms. The molecule has 246 valence electrons. The van der Waals surface area contributed by atoms with Crippen LogP contribution in [0, 0.1) is 0 Å². The summed E-state index contributed by atoms with van der Waals surface area (Å²) in [6, 6.07) is 66.0. The highest BCUT2D eigenvalue weighted by Crippen LogP contribution is 2.43. The Kier molecular flexibility index (Phi) is 5.77. The number of hydrogen-bond donors (Lipinski definition) is 0. The second kappa shape index (κ2) is 10.7. The monoisotopic (exact) mass is 674 g/mol. The standard InChI is InChI=1S/C50H30N2O/c1-3-15-35-31(11-1)13-9-20-43(35)51-45-19-7-5-17-37(45)41-29-33(23-27-46(41)51)34-24-28-47-42(30-34)39-25-26-40-38-18-6-8-22-48(38)53-50(40)49(39)52(47)44-21-10-14-32-12-2-4-16-36(32)44/h1-30H. The van der Waals surface area contributed by atoms with Crippen LogP contribution in [-0.4, -0.2) is 9.13 Å². The van der Waals surface area contributed by atoms with Gasteiger partial charge in [0.15, 0.2) is 5.58 Å². The van der Waals surface area contributed by atoms with E-state index in [1.807, 2.05) is 6.07 Å². The van der Waals surface area contributed by atoms with E-state index in [-0.39, 0.29) is 0 Å². The molecule has 0 fully saturated rings. The van der Waals surface area contributed by atoms with Crippen LogP contribution in [0.15, 0.2) is 186 Å². The van der Waals surface area contributed by atoms with Crippen molar-refractivity contribution >= 4 is 87.1 Å². The highest BCUT2D eigenvalue weighted by atomic mass is 16.3. The number of benzene rings is 9. The Balaban J connectivity index is 1.13. The number of para-hydroxylation sites is 2. The van der Waals surface area contributed by atoms with Gasteiger partial charge in [-0.05, 0) is 76.5 Å². The van der Waals surface area contributed by atoms with Crippen LogP contribution in [0.4, 0.5) is 0 Å². The lowest BCUT2D eigenvalue weighted by atomic mass is 10.0. The molecule has 0 atom stereocenters. The SMILES string of the molecule is c1ccc2c(-n3c4ccccc4c4cc(-c5ccc6c(c5)c5ccc7c8ccccc8oc7c5n6-c5cccc6ccccc56)ccc43)cccc2c1. The summed E-state index contributed by atoms with van der Waals surface area (Å²) in [7, 11) is 0. The van der Waals surface area contributed by atoms with Gasteiger partial charge in [-0.1, -0.05) is 127 Å². The fraction of sp³-hybridized carbons (Fsp3) is 0. The third kappa shape index (κ3) is 3.99. The van der Waals surface area contributed by atoms with Crippen LogP contribution in [0.3, 0.4) is 0 Å². The van der Waals surface area contributed by atoms with Gasteiger partial charge in [0.05, 0.1) is 33.4 Å². The molecule has 9 aromatic carbocycles. The van der Waals surface area contributed by atoms with Crippen LogP contribution in [0.2, 0.25) is 0 Å². The normalized spacial score (nSPS) is 12.2. The van der Waals surface area contributed by atoms with Crippen molar-refractivity contribution in [1.82, 2.24) is 9.13 Å². The van der Waals surface area contributed by atoms with E-state index in [2.05, 4.69) is 185 Å². The molecule has 3 heteroatoms. The van der Waals surface area contributed by atoms with Gasteiger partial charge in [-0.2, -0.15) is 0 Å². The molecule has 0 N–H and O–H groups in total. The molecule has 0 radical (unpaired) electrons. The molecule has 3 nitrogen and oxygen atoms in total. The lowest BCUT2D eigenvalue weighted by Gasteiger charge is -2.12. The average molecular weight is 675 g/mol. The van der Waals surface area contributed by atoms with Gasteiger partial charge < -0.3 is 13.6 Å². The van der Waals surface area contributed by atoms with E-state index in [0.717, 1.165) is 38.7 Å². The van der Waals surface area contributed by atoms with Gasteiger partial charge >= 0.3 is 0 Å². The van der Waals surface area contributed by atoms with Crippen LogP contribution < -0.4 is 0 Å². The summed E-state index contributed by atoms with van der Waals surface area (Å²) < 4.78 is 11.6. The molecule has 0 saturated heterocycles. The molecule has 0 amide bonds. The minimum atomic E-state index is 0.904. The Morgan fingerprint density at radius 2 is 0.830 bits per heavy atom. The highest BCUT2D eigenvalue weighted by Gasteiger charge is 2.21. The number of furan rings is 1. The molecule has 3 aromatic heterocycles. The minimum Gasteiger partial charge on any atom is -0.454 e. The molecule has 0 spiro atoms. The summed E-state index contributed by atoms with van der Waals surface area (Å²) in [5.74, 6) is 0. The summed E-state index contributed by atoms with van der Waals surface area (Å²) >= 11 is 0. The first-order valence-electron chi connectivity index (χ1n) is 18.2. The first-order valence-corrected chi connectivity index (χ1v) is 18.2. The van der Waals surface area contributed by atoms with Crippen molar-refractivity contribution in [2.24, 2.45) is 0 Å².